The van der Waals surface area contributed by atoms with Gasteiger partial charge < -0.3 is 15.1 Å². The van der Waals surface area contributed by atoms with Crippen molar-refractivity contribution in [1.82, 2.24) is 9.88 Å². The minimum absolute atomic E-state index is 0.296. The molecule has 0 spiro atoms. The van der Waals surface area contributed by atoms with Crippen LogP contribution in [0.1, 0.15) is 24.4 Å². The van der Waals surface area contributed by atoms with Crippen LogP contribution in [0, 0.1) is 12.8 Å². The molecular formula is C14H21N3O. The van der Waals surface area contributed by atoms with E-state index < -0.39 is 0 Å². The van der Waals surface area contributed by atoms with Gasteiger partial charge in [-0.1, -0.05) is 13.0 Å². The number of aryl methyl sites for hydroxylation is 1. The molecule has 4 heteroatoms. The van der Waals surface area contributed by atoms with E-state index in [4.69, 9.17) is 10.2 Å². The van der Waals surface area contributed by atoms with Crippen LogP contribution in [0.25, 0.3) is 11.1 Å². The van der Waals surface area contributed by atoms with Crippen molar-refractivity contribution in [1.29, 1.82) is 0 Å². The summed E-state index contributed by atoms with van der Waals surface area (Å²) in [6, 6.07) is 6.50. The normalized spacial score (nSPS) is 15.2. The smallest absolute Gasteiger partial charge is 0.192 e. The highest BCUT2D eigenvalue weighted by atomic mass is 16.3. The standard InChI is InChI=1S/C14H21N3O/c1-9(8-15)14(17(3)4)11-5-6-12-13(7-11)18-10(2)16-12/h5-7,9,14H,8,15H2,1-4H3. The molecule has 4 nitrogen and oxygen atoms in total. The molecule has 98 valence electrons. The Hall–Kier alpha value is -1.39. The Morgan fingerprint density at radius 2 is 2.11 bits per heavy atom. The molecule has 0 fully saturated rings. The Kier molecular flexibility index (Phi) is 3.68. The highest BCUT2D eigenvalue weighted by Crippen LogP contribution is 2.28. The summed E-state index contributed by atoms with van der Waals surface area (Å²) in [6.07, 6.45) is 0. The zero-order valence-electron chi connectivity index (χ0n) is 11.5. The molecule has 1 aromatic heterocycles. The molecule has 18 heavy (non-hydrogen) atoms. The molecule has 2 N–H and O–H groups in total. The lowest BCUT2D eigenvalue weighted by Crippen LogP contribution is -2.30. The van der Waals surface area contributed by atoms with E-state index >= 15 is 0 Å². The van der Waals surface area contributed by atoms with Crippen LogP contribution in [0.3, 0.4) is 0 Å². The quantitative estimate of drug-likeness (QED) is 0.901. The zero-order valence-corrected chi connectivity index (χ0v) is 11.5. The van der Waals surface area contributed by atoms with E-state index in [-0.39, 0.29) is 0 Å². The highest BCUT2D eigenvalue weighted by Gasteiger charge is 2.21. The van der Waals surface area contributed by atoms with Gasteiger partial charge in [0.1, 0.15) is 5.52 Å². The number of hydrogen-bond donors (Lipinski definition) is 1. The van der Waals surface area contributed by atoms with Crippen molar-refractivity contribution >= 4 is 11.1 Å². The van der Waals surface area contributed by atoms with E-state index in [1.165, 1.54) is 5.56 Å². The SMILES string of the molecule is Cc1nc2ccc(C(C(C)CN)N(C)C)cc2o1. The van der Waals surface area contributed by atoms with Crippen LogP contribution in [0.15, 0.2) is 22.6 Å². The fourth-order valence-electron chi connectivity index (χ4n) is 2.50. The van der Waals surface area contributed by atoms with Crippen molar-refractivity contribution in [3.05, 3.63) is 29.7 Å². The third kappa shape index (κ3) is 2.40. The van der Waals surface area contributed by atoms with Gasteiger partial charge in [0.25, 0.3) is 0 Å². The number of hydrogen-bond acceptors (Lipinski definition) is 4. The summed E-state index contributed by atoms with van der Waals surface area (Å²) in [5.74, 6) is 1.09. The van der Waals surface area contributed by atoms with Crippen LogP contribution in [0.4, 0.5) is 0 Å². The average Bonchev–Trinajstić information content (AvgIpc) is 2.68. The summed E-state index contributed by atoms with van der Waals surface area (Å²) < 4.78 is 5.59. The zero-order chi connectivity index (χ0) is 13.3. The maximum absolute atomic E-state index is 5.80. The summed E-state index contributed by atoms with van der Waals surface area (Å²) in [4.78, 5) is 6.51. The molecule has 2 atom stereocenters. The Morgan fingerprint density at radius 1 is 1.39 bits per heavy atom. The van der Waals surface area contributed by atoms with Gasteiger partial charge in [-0.05, 0) is 44.3 Å². The molecule has 0 saturated carbocycles. The van der Waals surface area contributed by atoms with Crippen LogP contribution in [0.2, 0.25) is 0 Å². The first-order valence-corrected chi connectivity index (χ1v) is 6.26. The molecule has 2 unspecified atom stereocenters. The lowest BCUT2D eigenvalue weighted by Gasteiger charge is -2.29. The summed E-state index contributed by atoms with van der Waals surface area (Å²) in [7, 11) is 4.15. The van der Waals surface area contributed by atoms with Gasteiger partial charge in [-0.25, -0.2) is 4.98 Å². The lowest BCUT2D eigenvalue weighted by atomic mass is 9.93. The second kappa shape index (κ2) is 5.08. The Bertz CT molecular complexity index is 533. The summed E-state index contributed by atoms with van der Waals surface area (Å²) in [5.41, 5.74) is 8.79. The monoisotopic (exact) mass is 247 g/mol. The van der Waals surface area contributed by atoms with Crippen molar-refractivity contribution in [2.75, 3.05) is 20.6 Å². The Balaban J connectivity index is 2.43. The predicted octanol–water partition coefficient (Wildman–Crippen LogP) is 2.33. The van der Waals surface area contributed by atoms with E-state index in [0.717, 1.165) is 11.1 Å². The lowest BCUT2D eigenvalue weighted by molar-refractivity contribution is 0.227. The van der Waals surface area contributed by atoms with Crippen molar-refractivity contribution in [3.8, 4) is 0 Å². The molecule has 0 aliphatic heterocycles. The minimum atomic E-state index is 0.296. The van der Waals surface area contributed by atoms with Crippen molar-refractivity contribution in [2.24, 2.45) is 11.7 Å². The number of aromatic nitrogens is 1. The van der Waals surface area contributed by atoms with Crippen LogP contribution >= 0.6 is 0 Å². The maximum Gasteiger partial charge on any atom is 0.192 e. The number of rotatable bonds is 4. The van der Waals surface area contributed by atoms with Crippen molar-refractivity contribution in [3.63, 3.8) is 0 Å². The second-order valence-electron chi connectivity index (χ2n) is 5.08. The fourth-order valence-corrected chi connectivity index (χ4v) is 2.50. The fraction of sp³-hybridized carbons (Fsp3) is 0.500. The third-order valence-corrected chi connectivity index (χ3v) is 3.33. The molecule has 0 radical (unpaired) electrons. The minimum Gasteiger partial charge on any atom is -0.441 e. The number of oxazole rings is 1. The molecule has 0 aliphatic rings. The van der Waals surface area contributed by atoms with Gasteiger partial charge in [0.05, 0.1) is 0 Å². The highest BCUT2D eigenvalue weighted by molar-refractivity contribution is 5.73. The summed E-state index contributed by atoms with van der Waals surface area (Å²) in [5, 5.41) is 0. The van der Waals surface area contributed by atoms with E-state index in [0.29, 0.717) is 24.4 Å². The number of benzene rings is 1. The molecule has 2 rings (SSSR count). The Labute approximate surface area is 108 Å². The van der Waals surface area contributed by atoms with Crippen LogP contribution in [0.5, 0.6) is 0 Å². The first-order chi connectivity index (χ1) is 8.52. The van der Waals surface area contributed by atoms with Gasteiger partial charge >= 0.3 is 0 Å². The predicted molar refractivity (Wildman–Crippen MR) is 73.4 cm³/mol. The molecule has 2 aromatic rings. The van der Waals surface area contributed by atoms with Gasteiger partial charge in [0.2, 0.25) is 0 Å². The maximum atomic E-state index is 5.80. The molecule has 0 aliphatic carbocycles. The summed E-state index contributed by atoms with van der Waals surface area (Å²) in [6.45, 7) is 4.70. The van der Waals surface area contributed by atoms with E-state index in [1.807, 2.05) is 13.0 Å². The molecule has 0 amide bonds. The number of nitrogens with zero attached hydrogens (tertiary/aromatic N) is 2. The molecule has 1 heterocycles. The van der Waals surface area contributed by atoms with Gasteiger partial charge in [0, 0.05) is 13.0 Å². The van der Waals surface area contributed by atoms with Crippen molar-refractivity contribution in [2.45, 2.75) is 19.9 Å². The van der Waals surface area contributed by atoms with Crippen LogP contribution < -0.4 is 5.73 Å². The van der Waals surface area contributed by atoms with Gasteiger partial charge in [-0.2, -0.15) is 0 Å². The molecule has 0 bridgehead atoms. The second-order valence-corrected chi connectivity index (χ2v) is 5.08. The van der Waals surface area contributed by atoms with E-state index in [9.17, 15) is 0 Å². The first-order valence-electron chi connectivity index (χ1n) is 6.26. The first kappa shape index (κ1) is 13.1. The van der Waals surface area contributed by atoms with E-state index in [2.05, 4.69) is 43.0 Å². The Morgan fingerprint density at radius 3 is 2.72 bits per heavy atom. The summed E-state index contributed by atoms with van der Waals surface area (Å²) >= 11 is 0. The van der Waals surface area contributed by atoms with Gasteiger partial charge in [-0.15, -0.1) is 0 Å². The molecule has 0 saturated heterocycles. The van der Waals surface area contributed by atoms with Crippen molar-refractivity contribution < 1.29 is 4.42 Å². The van der Waals surface area contributed by atoms with Crippen LogP contribution in [-0.4, -0.2) is 30.5 Å². The number of nitrogens with two attached hydrogens (primary N) is 1. The van der Waals surface area contributed by atoms with Gasteiger partial charge in [0.15, 0.2) is 11.5 Å². The van der Waals surface area contributed by atoms with Gasteiger partial charge in [-0.3, -0.25) is 0 Å². The number of fused-ring (bicyclic) bond motifs is 1. The van der Waals surface area contributed by atoms with E-state index in [1.54, 1.807) is 0 Å². The van der Waals surface area contributed by atoms with Crippen LogP contribution in [-0.2, 0) is 0 Å². The molecular weight excluding hydrogens is 226 g/mol. The average molecular weight is 247 g/mol. The topological polar surface area (TPSA) is 55.3 Å². The molecule has 1 aromatic carbocycles. The largest absolute Gasteiger partial charge is 0.441 e. The third-order valence-electron chi connectivity index (χ3n) is 3.33.